The van der Waals surface area contributed by atoms with Gasteiger partial charge in [0.2, 0.25) is 5.91 Å². The summed E-state index contributed by atoms with van der Waals surface area (Å²) in [6.45, 7) is 0.841. The minimum atomic E-state index is -0.0219. The summed E-state index contributed by atoms with van der Waals surface area (Å²) >= 11 is 0. The SMILES string of the molecule is CN(CCC1C2CC3CC(C2)CC1C3)C(=O)CC#N. The van der Waals surface area contributed by atoms with E-state index in [-0.39, 0.29) is 12.3 Å². The summed E-state index contributed by atoms with van der Waals surface area (Å²) in [7, 11) is 1.84. The molecule has 4 aliphatic carbocycles. The Hall–Kier alpha value is -1.04. The third kappa shape index (κ3) is 2.50. The molecule has 0 aromatic carbocycles. The molecule has 3 heteroatoms. The average Bonchev–Trinajstić information content (AvgIpc) is 2.37. The molecular weight excluding hydrogens is 236 g/mol. The molecule has 4 rings (SSSR count). The Balaban J connectivity index is 1.53. The van der Waals surface area contributed by atoms with Crippen molar-refractivity contribution < 1.29 is 4.79 Å². The van der Waals surface area contributed by atoms with Crippen molar-refractivity contribution in [3.63, 3.8) is 0 Å². The van der Waals surface area contributed by atoms with Crippen molar-refractivity contribution in [1.82, 2.24) is 4.90 Å². The Morgan fingerprint density at radius 1 is 1.16 bits per heavy atom. The molecule has 0 spiro atoms. The van der Waals surface area contributed by atoms with E-state index in [4.69, 9.17) is 5.26 Å². The second kappa shape index (κ2) is 5.15. The zero-order valence-electron chi connectivity index (χ0n) is 11.8. The van der Waals surface area contributed by atoms with Gasteiger partial charge in [0.1, 0.15) is 6.42 Å². The molecule has 0 aromatic rings. The number of amides is 1. The molecule has 0 aliphatic heterocycles. The summed E-state index contributed by atoms with van der Waals surface area (Å²) in [6, 6.07) is 1.95. The Labute approximate surface area is 116 Å². The van der Waals surface area contributed by atoms with Crippen molar-refractivity contribution in [2.24, 2.45) is 29.6 Å². The third-order valence-electron chi connectivity index (χ3n) is 5.88. The van der Waals surface area contributed by atoms with Gasteiger partial charge in [0, 0.05) is 13.6 Å². The van der Waals surface area contributed by atoms with Crippen LogP contribution < -0.4 is 0 Å². The molecule has 0 saturated heterocycles. The van der Waals surface area contributed by atoms with Gasteiger partial charge in [-0.05, 0) is 68.1 Å². The lowest BCUT2D eigenvalue weighted by molar-refractivity contribution is -0.129. The van der Waals surface area contributed by atoms with Gasteiger partial charge in [-0.3, -0.25) is 4.79 Å². The van der Waals surface area contributed by atoms with E-state index in [1.54, 1.807) is 4.90 Å². The predicted octanol–water partition coefficient (Wildman–Crippen LogP) is 2.82. The van der Waals surface area contributed by atoms with Gasteiger partial charge in [-0.25, -0.2) is 0 Å². The molecule has 19 heavy (non-hydrogen) atoms. The highest BCUT2D eigenvalue weighted by atomic mass is 16.2. The Kier molecular flexibility index (Phi) is 3.52. The van der Waals surface area contributed by atoms with E-state index < -0.39 is 0 Å². The van der Waals surface area contributed by atoms with Crippen molar-refractivity contribution in [2.45, 2.75) is 44.9 Å². The third-order valence-corrected chi connectivity index (χ3v) is 5.88. The fraction of sp³-hybridized carbons (Fsp3) is 0.875. The van der Waals surface area contributed by atoms with Crippen LogP contribution in [0.15, 0.2) is 0 Å². The van der Waals surface area contributed by atoms with Crippen molar-refractivity contribution >= 4 is 5.91 Å². The van der Waals surface area contributed by atoms with Crippen molar-refractivity contribution in [3.05, 3.63) is 0 Å². The Morgan fingerprint density at radius 2 is 1.74 bits per heavy atom. The molecule has 4 saturated carbocycles. The molecular formula is C16H24N2O. The maximum atomic E-state index is 11.6. The van der Waals surface area contributed by atoms with Crippen LogP contribution in [0.5, 0.6) is 0 Å². The molecule has 0 unspecified atom stereocenters. The van der Waals surface area contributed by atoms with Crippen molar-refractivity contribution in [1.29, 1.82) is 5.26 Å². The van der Waals surface area contributed by atoms with E-state index in [9.17, 15) is 4.79 Å². The van der Waals surface area contributed by atoms with Crippen molar-refractivity contribution in [2.75, 3.05) is 13.6 Å². The highest BCUT2D eigenvalue weighted by Crippen LogP contribution is 2.57. The highest BCUT2D eigenvalue weighted by molar-refractivity contribution is 5.77. The number of carbonyl (C=O) groups excluding carboxylic acids is 1. The van der Waals surface area contributed by atoms with Crippen LogP contribution in [-0.4, -0.2) is 24.4 Å². The number of nitrogens with zero attached hydrogens (tertiary/aromatic N) is 2. The first-order chi connectivity index (χ1) is 9.17. The summed E-state index contributed by atoms with van der Waals surface area (Å²) in [4.78, 5) is 13.4. The van der Waals surface area contributed by atoms with Gasteiger partial charge >= 0.3 is 0 Å². The predicted molar refractivity (Wildman–Crippen MR) is 73.0 cm³/mol. The molecule has 3 nitrogen and oxygen atoms in total. The quantitative estimate of drug-likeness (QED) is 0.780. The lowest BCUT2D eigenvalue weighted by Gasteiger charge is -2.54. The first-order valence-corrected chi connectivity index (χ1v) is 7.78. The number of carbonyl (C=O) groups is 1. The Morgan fingerprint density at radius 3 is 2.26 bits per heavy atom. The van der Waals surface area contributed by atoms with E-state index in [2.05, 4.69) is 0 Å². The van der Waals surface area contributed by atoms with Crippen LogP contribution in [0.3, 0.4) is 0 Å². The van der Waals surface area contributed by atoms with E-state index >= 15 is 0 Å². The second-order valence-electron chi connectivity index (χ2n) is 7.03. The Bertz CT molecular complexity index is 370. The summed E-state index contributed by atoms with van der Waals surface area (Å²) < 4.78 is 0. The molecule has 0 N–H and O–H groups in total. The lowest BCUT2D eigenvalue weighted by Crippen LogP contribution is -2.46. The van der Waals surface area contributed by atoms with Crippen LogP contribution >= 0.6 is 0 Å². The first kappa shape index (κ1) is 13.0. The normalized spacial score (nSPS) is 39.1. The summed E-state index contributed by atoms with van der Waals surface area (Å²) in [5.41, 5.74) is 0. The van der Waals surface area contributed by atoms with Crippen LogP contribution in [0.4, 0.5) is 0 Å². The molecule has 0 radical (unpaired) electrons. The highest BCUT2D eigenvalue weighted by Gasteiger charge is 2.47. The van der Waals surface area contributed by atoms with Gasteiger partial charge in [0.05, 0.1) is 6.07 Å². The topological polar surface area (TPSA) is 44.1 Å². The van der Waals surface area contributed by atoms with Gasteiger partial charge in [-0.15, -0.1) is 0 Å². The molecule has 0 heterocycles. The molecule has 0 aromatic heterocycles. The fourth-order valence-electron chi connectivity index (χ4n) is 5.18. The summed E-state index contributed by atoms with van der Waals surface area (Å²) in [5, 5.41) is 8.57. The molecule has 1 amide bonds. The monoisotopic (exact) mass is 260 g/mol. The summed E-state index contributed by atoms with van der Waals surface area (Å²) in [6.07, 6.45) is 8.49. The molecule has 4 aliphatic rings. The van der Waals surface area contributed by atoms with Gasteiger partial charge in [0.25, 0.3) is 0 Å². The van der Waals surface area contributed by atoms with Gasteiger partial charge < -0.3 is 4.90 Å². The van der Waals surface area contributed by atoms with Crippen molar-refractivity contribution in [3.8, 4) is 6.07 Å². The van der Waals surface area contributed by atoms with E-state index in [1.807, 2.05) is 13.1 Å². The van der Waals surface area contributed by atoms with E-state index in [0.29, 0.717) is 0 Å². The standard InChI is InChI=1S/C16H24N2O/c1-18(16(19)2-4-17)5-3-15-13-7-11-6-12(9-13)10-14(15)8-11/h11-15H,2-3,5-10H2,1H3. The van der Waals surface area contributed by atoms with E-state index in [1.165, 1.54) is 32.1 Å². The zero-order valence-corrected chi connectivity index (χ0v) is 11.8. The number of hydrogen-bond acceptors (Lipinski definition) is 2. The zero-order chi connectivity index (χ0) is 13.4. The summed E-state index contributed by atoms with van der Waals surface area (Å²) in [5.74, 6) is 4.76. The lowest BCUT2D eigenvalue weighted by atomic mass is 9.51. The van der Waals surface area contributed by atoms with Crippen LogP contribution in [0, 0.1) is 40.9 Å². The molecule has 4 fully saturated rings. The second-order valence-corrected chi connectivity index (χ2v) is 7.03. The van der Waals surface area contributed by atoms with E-state index in [0.717, 1.165) is 42.6 Å². The first-order valence-electron chi connectivity index (χ1n) is 7.78. The van der Waals surface area contributed by atoms with Crippen LogP contribution in [0.2, 0.25) is 0 Å². The van der Waals surface area contributed by atoms with Crippen LogP contribution in [0.1, 0.15) is 44.9 Å². The largest absolute Gasteiger partial charge is 0.345 e. The fourth-order valence-corrected chi connectivity index (χ4v) is 5.18. The maximum absolute atomic E-state index is 11.6. The maximum Gasteiger partial charge on any atom is 0.236 e. The van der Waals surface area contributed by atoms with Crippen LogP contribution in [0.25, 0.3) is 0 Å². The average molecular weight is 260 g/mol. The smallest absolute Gasteiger partial charge is 0.236 e. The molecule has 104 valence electrons. The number of hydrogen-bond donors (Lipinski definition) is 0. The number of rotatable bonds is 4. The van der Waals surface area contributed by atoms with Crippen LogP contribution in [-0.2, 0) is 4.79 Å². The molecule has 4 bridgehead atoms. The number of nitriles is 1. The van der Waals surface area contributed by atoms with Gasteiger partial charge in [-0.1, -0.05) is 0 Å². The minimum absolute atomic E-state index is 0.0219. The minimum Gasteiger partial charge on any atom is -0.345 e. The van der Waals surface area contributed by atoms with Gasteiger partial charge in [0.15, 0.2) is 0 Å². The van der Waals surface area contributed by atoms with Gasteiger partial charge in [-0.2, -0.15) is 5.26 Å². The molecule has 0 atom stereocenters.